The fraction of sp³-hybridized carbons (Fsp3) is 0.133. The Labute approximate surface area is 137 Å². The molecule has 2 aromatic carbocycles. The summed E-state index contributed by atoms with van der Waals surface area (Å²) in [5.74, 6) is 0.318. The Hall–Kier alpha value is -0.688. The first kappa shape index (κ1) is 13.3. The van der Waals surface area contributed by atoms with Crippen molar-refractivity contribution in [1.82, 2.24) is 7.36 Å². The maximum atomic E-state index is 4.51. The van der Waals surface area contributed by atoms with E-state index in [9.17, 15) is 0 Å². The molecule has 0 saturated heterocycles. The third-order valence-electron chi connectivity index (χ3n) is 3.41. The molecular formula is C15H12BrN2Tl. The summed E-state index contributed by atoms with van der Waals surface area (Å²) < 4.78 is 3.28. The minimum atomic E-state index is 0.318. The predicted octanol–water partition coefficient (Wildman–Crippen LogP) is 3.88. The number of hydrogen-bond donors (Lipinski definition) is 0. The van der Waals surface area contributed by atoms with Gasteiger partial charge in [-0.2, -0.15) is 0 Å². The maximum absolute atomic E-state index is 4.51. The molecule has 0 radical (unpaired) electrons. The number of rotatable bonds is 2. The SMILES string of the molecule is CC(c1c[n]([Tl])cn1)c1cccc2ccc(Br)cc12. The molecule has 92 valence electrons. The standard InChI is InChI=1S/C15H12BrN2.Tl/c1-10(15-8-17-9-18-15)13-4-2-3-11-5-6-12(16)7-14(11)13;/h2-10H,1H3;/q-1;+1. The quantitative estimate of drug-likeness (QED) is 0.485. The van der Waals surface area contributed by atoms with Gasteiger partial charge in [0.1, 0.15) is 0 Å². The first-order valence-corrected chi connectivity index (χ1v) is 8.92. The van der Waals surface area contributed by atoms with Crippen molar-refractivity contribution in [2.75, 3.05) is 0 Å². The molecule has 0 spiro atoms. The molecule has 1 aromatic heterocycles. The van der Waals surface area contributed by atoms with Crippen molar-refractivity contribution >= 4 is 52.8 Å². The van der Waals surface area contributed by atoms with Gasteiger partial charge in [0, 0.05) is 0 Å². The molecule has 1 atom stereocenters. The Balaban J connectivity index is 2.16. The van der Waals surface area contributed by atoms with Crippen molar-refractivity contribution in [3.05, 3.63) is 64.7 Å². The van der Waals surface area contributed by atoms with E-state index in [4.69, 9.17) is 0 Å². The Morgan fingerprint density at radius 2 is 2.11 bits per heavy atom. The first-order chi connectivity index (χ1) is 9.15. The van der Waals surface area contributed by atoms with Gasteiger partial charge in [-0.15, -0.1) is 0 Å². The van der Waals surface area contributed by atoms with Crippen LogP contribution >= 0.6 is 15.9 Å². The van der Waals surface area contributed by atoms with E-state index in [1.54, 1.807) is 0 Å². The van der Waals surface area contributed by atoms with Crippen LogP contribution in [0.4, 0.5) is 0 Å². The van der Waals surface area contributed by atoms with Crippen LogP contribution in [0.5, 0.6) is 0 Å². The van der Waals surface area contributed by atoms with Gasteiger partial charge in [-0.05, 0) is 0 Å². The molecule has 0 aliphatic rings. The van der Waals surface area contributed by atoms with E-state index in [-0.39, 0.29) is 0 Å². The minimum absolute atomic E-state index is 0.318. The van der Waals surface area contributed by atoms with Crippen LogP contribution < -0.4 is 0 Å². The zero-order chi connectivity index (χ0) is 13.4. The second-order valence-electron chi connectivity index (χ2n) is 4.68. The average molecular weight is 505 g/mol. The van der Waals surface area contributed by atoms with Crippen molar-refractivity contribution in [1.29, 1.82) is 0 Å². The number of benzene rings is 2. The Morgan fingerprint density at radius 1 is 1.26 bits per heavy atom. The summed E-state index contributed by atoms with van der Waals surface area (Å²) in [6.07, 6.45) is 4.09. The van der Waals surface area contributed by atoms with Gasteiger partial charge in [0.2, 0.25) is 0 Å². The third kappa shape index (κ3) is 2.63. The number of aromatic nitrogens is 2. The molecule has 0 aliphatic carbocycles. The van der Waals surface area contributed by atoms with Crippen molar-refractivity contribution in [3.63, 3.8) is 0 Å². The molecular weight excluding hydrogens is 492 g/mol. The van der Waals surface area contributed by atoms with E-state index in [1.165, 1.54) is 16.3 Å². The van der Waals surface area contributed by atoms with Crippen LogP contribution in [0, 0.1) is 0 Å². The normalized spacial score (nSPS) is 12.7. The zero-order valence-electron chi connectivity index (χ0n) is 10.5. The third-order valence-corrected chi connectivity index (χ3v) is 5.00. The molecule has 3 aromatic rings. The Kier molecular flexibility index (Phi) is 3.75. The monoisotopic (exact) mass is 504 g/mol. The Bertz CT molecular complexity index is 736. The summed E-state index contributed by atoms with van der Waals surface area (Å²) >= 11 is 4.34. The molecule has 0 N–H and O–H groups in total. The van der Waals surface area contributed by atoms with E-state index in [1.807, 2.05) is 6.33 Å². The molecule has 0 amide bonds. The van der Waals surface area contributed by atoms with Crippen molar-refractivity contribution < 1.29 is 0 Å². The number of halogens is 1. The predicted molar refractivity (Wildman–Crippen MR) is 82.5 cm³/mol. The van der Waals surface area contributed by atoms with Gasteiger partial charge < -0.3 is 0 Å². The number of hydrogen-bond acceptors (Lipinski definition) is 1. The van der Waals surface area contributed by atoms with E-state index in [2.05, 4.69) is 72.8 Å². The van der Waals surface area contributed by atoms with Crippen LogP contribution in [0.3, 0.4) is 0 Å². The number of imidazole rings is 1. The molecule has 0 saturated carbocycles. The van der Waals surface area contributed by atoms with Crippen LogP contribution in [0.1, 0.15) is 24.1 Å². The van der Waals surface area contributed by atoms with E-state index in [0.29, 0.717) is 5.92 Å². The summed E-state index contributed by atoms with van der Waals surface area (Å²) in [4.78, 5) is 4.51. The van der Waals surface area contributed by atoms with Crippen LogP contribution in [-0.4, -0.2) is 33.4 Å². The summed E-state index contributed by atoms with van der Waals surface area (Å²) in [6.45, 7) is 2.22. The second kappa shape index (κ2) is 5.36. The molecule has 3 rings (SSSR count). The molecule has 19 heavy (non-hydrogen) atoms. The summed E-state index contributed by atoms with van der Waals surface area (Å²) in [5.41, 5.74) is 2.48. The average Bonchev–Trinajstić information content (AvgIpc) is 2.84. The van der Waals surface area contributed by atoms with Crippen LogP contribution in [-0.2, 0) is 0 Å². The fourth-order valence-electron chi connectivity index (χ4n) is 2.38. The first-order valence-electron chi connectivity index (χ1n) is 6.12. The summed E-state index contributed by atoms with van der Waals surface area (Å²) in [7, 11) is 0. The van der Waals surface area contributed by atoms with E-state index < -0.39 is 0 Å². The van der Waals surface area contributed by atoms with Crippen LogP contribution in [0.15, 0.2) is 53.4 Å². The Morgan fingerprint density at radius 3 is 2.84 bits per heavy atom. The van der Waals surface area contributed by atoms with Gasteiger partial charge in [0.25, 0.3) is 0 Å². The van der Waals surface area contributed by atoms with Crippen LogP contribution in [0.25, 0.3) is 10.8 Å². The van der Waals surface area contributed by atoms with Gasteiger partial charge in [-0.3, -0.25) is 0 Å². The summed E-state index contributed by atoms with van der Waals surface area (Å²) in [6, 6.07) is 12.9. The van der Waals surface area contributed by atoms with E-state index >= 15 is 0 Å². The molecule has 0 bridgehead atoms. The van der Waals surface area contributed by atoms with Gasteiger partial charge in [0.05, 0.1) is 0 Å². The van der Waals surface area contributed by atoms with Crippen LogP contribution in [0.2, 0.25) is 0 Å². The summed E-state index contributed by atoms with van der Waals surface area (Å²) in [5, 5.41) is 2.58. The van der Waals surface area contributed by atoms with Crippen molar-refractivity contribution in [2.24, 2.45) is 0 Å². The molecule has 0 fully saturated rings. The number of fused-ring (bicyclic) bond motifs is 1. The topological polar surface area (TPSA) is 17.8 Å². The molecule has 4 heteroatoms. The van der Waals surface area contributed by atoms with Crippen molar-refractivity contribution in [2.45, 2.75) is 12.8 Å². The molecule has 1 heterocycles. The second-order valence-corrected chi connectivity index (χ2v) is 7.91. The molecule has 1 unspecified atom stereocenters. The molecule has 2 nitrogen and oxygen atoms in total. The van der Waals surface area contributed by atoms with Gasteiger partial charge in [-0.1, -0.05) is 0 Å². The van der Waals surface area contributed by atoms with Gasteiger partial charge >= 0.3 is 138 Å². The number of nitrogens with zero attached hydrogens (tertiary/aromatic N) is 2. The fourth-order valence-corrected chi connectivity index (χ4v) is 3.60. The van der Waals surface area contributed by atoms with Gasteiger partial charge in [-0.25, -0.2) is 0 Å². The zero-order valence-corrected chi connectivity index (χ0v) is 16.6. The molecule has 0 aliphatic heterocycles. The van der Waals surface area contributed by atoms with E-state index in [0.717, 1.165) is 36.2 Å². The van der Waals surface area contributed by atoms with Gasteiger partial charge in [0.15, 0.2) is 0 Å². The van der Waals surface area contributed by atoms with Crippen molar-refractivity contribution in [3.8, 4) is 0 Å².